The highest BCUT2D eigenvalue weighted by atomic mass is 19.1. The molecule has 1 aliphatic heterocycles. The first-order valence-electron chi connectivity index (χ1n) is 7.72. The van der Waals surface area contributed by atoms with E-state index >= 15 is 0 Å². The average molecular weight is 331 g/mol. The number of aryl methyl sites for hydroxylation is 1. The first-order valence-corrected chi connectivity index (χ1v) is 7.72. The minimum absolute atomic E-state index is 0.195. The molecule has 6 nitrogen and oxygen atoms in total. The van der Waals surface area contributed by atoms with E-state index in [1.807, 2.05) is 0 Å². The summed E-state index contributed by atoms with van der Waals surface area (Å²) in [5.41, 5.74) is 1.41. The number of ether oxygens (including phenoxy) is 1. The van der Waals surface area contributed by atoms with Gasteiger partial charge in [-0.05, 0) is 31.9 Å². The van der Waals surface area contributed by atoms with Crippen LogP contribution < -0.4 is 20.9 Å². The minimum Gasteiger partial charge on any atom is -0.490 e. The van der Waals surface area contributed by atoms with Gasteiger partial charge in [0.25, 0.3) is 5.56 Å². The molecule has 0 spiro atoms. The third-order valence-electron chi connectivity index (χ3n) is 3.91. The van der Waals surface area contributed by atoms with Gasteiger partial charge in [0.15, 0.2) is 11.6 Å². The van der Waals surface area contributed by atoms with Gasteiger partial charge in [0.2, 0.25) is 0 Å². The molecule has 2 aromatic rings. The first kappa shape index (κ1) is 16.0. The number of para-hydroxylation sites is 1. The van der Waals surface area contributed by atoms with Crippen molar-refractivity contribution >= 4 is 11.7 Å². The average Bonchev–Trinajstić information content (AvgIpc) is 2.75. The van der Waals surface area contributed by atoms with Gasteiger partial charge in [-0.15, -0.1) is 0 Å². The monoisotopic (exact) mass is 331 g/mol. The van der Waals surface area contributed by atoms with Crippen LogP contribution >= 0.6 is 0 Å². The highest BCUT2D eigenvalue weighted by Crippen LogP contribution is 2.33. The Morgan fingerprint density at radius 1 is 1.42 bits per heavy atom. The largest absolute Gasteiger partial charge is 0.490 e. The fraction of sp³-hybridized carbons (Fsp3) is 0.294. The Bertz CT molecular complexity index is 819. The summed E-state index contributed by atoms with van der Waals surface area (Å²) in [4.78, 5) is 26.1. The lowest BCUT2D eigenvalue weighted by molar-refractivity contribution is 0.247. The van der Waals surface area contributed by atoms with Gasteiger partial charge in [0, 0.05) is 17.3 Å². The summed E-state index contributed by atoms with van der Waals surface area (Å²) < 4.78 is 19.4. The molecular weight excluding hydrogens is 313 g/mol. The second-order valence-corrected chi connectivity index (χ2v) is 5.70. The molecule has 1 aromatic carbocycles. The molecule has 1 aliphatic rings. The van der Waals surface area contributed by atoms with Crippen molar-refractivity contribution in [1.82, 2.24) is 10.3 Å². The van der Waals surface area contributed by atoms with Crippen molar-refractivity contribution in [2.45, 2.75) is 25.8 Å². The summed E-state index contributed by atoms with van der Waals surface area (Å²) in [5.74, 6) is -0.238. The predicted octanol–water partition coefficient (Wildman–Crippen LogP) is 2.86. The van der Waals surface area contributed by atoms with Crippen LogP contribution in [0.4, 0.5) is 14.9 Å². The van der Waals surface area contributed by atoms with Crippen molar-refractivity contribution in [2.24, 2.45) is 0 Å². The van der Waals surface area contributed by atoms with Gasteiger partial charge in [-0.3, -0.25) is 4.79 Å². The van der Waals surface area contributed by atoms with Gasteiger partial charge in [-0.1, -0.05) is 12.1 Å². The molecule has 0 saturated heterocycles. The van der Waals surface area contributed by atoms with Crippen LogP contribution in [-0.2, 0) is 0 Å². The molecule has 1 unspecified atom stereocenters. The Labute approximate surface area is 138 Å². The van der Waals surface area contributed by atoms with Crippen LogP contribution in [0, 0.1) is 12.7 Å². The first-order chi connectivity index (χ1) is 11.5. The van der Waals surface area contributed by atoms with Gasteiger partial charge in [-0.2, -0.15) is 0 Å². The summed E-state index contributed by atoms with van der Waals surface area (Å²) in [6, 6.07) is 5.50. The highest BCUT2D eigenvalue weighted by Gasteiger charge is 2.23. The lowest BCUT2D eigenvalue weighted by Crippen LogP contribution is -2.32. The van der Waals surface area contributed by atoms with Crippen LogP contribution in [0.2, 0.25) is 0 Å². The number of H-pyrrole nitrogens is 1. The summed E-state index contributed by atoms with van der Waals surface area (Å²) in [6.45, 7) is 2.07. The fourth-order valence-electron chi connectivity index (χ4n) is 2.71. The lowest BCUT2D eigenvalue weighted by atomic mass is 10.0. The van der Waals surface area contributed by atoms with E-state index in [4.69, 9.17) is 4.74 Å². The van der Waals surface area contributed by atoms with Crippen LogP contribution in [0.3, 0.4) is 0 Å². The quantitative estimate of drug-likeness (QED) is 0.791. The Balaban J connectivity index is 1.75. The van der Waals surface area contributed by atoms with Crippen molar-refractivity contribution in [3.63, 3.8) is 0 Å². The molecule has 2 amide bonds. The maximum absolute atomic E-state index is 13.9. The Kier molecular flexibility index (Phi) is 4.50. The van der Waals surface area contributed by atoms with Crippen molar-refractivity contribution in [3.8, 4) is 5.75 Å². The summed E-state index contributed by atoms with van der Waals surface area (Å²) in [5, 5.41) is 5.50. The molecule has 1 aromatic heterocycles. The van der Waals surface area contributed by atoms with Crippen molar-refractivity contribution in [1.29, 1.82) is 0 Å². The smallest absolute Gasteiger partial charge is 0.319 e. The van der Waals surface area contributed by atoms with Crippen LogP contribution in [0.5, 0.6) is 5.75 Å². The number of hydrogen-bond acceptors (Lipinski definition) is 3. The molecule has 3 N–H and O–H groups in total. The van der Waals surface area contributed by atoms with Crippen molar-refractivity contribution in [3.05, 3.63) is 57.8 Å². The molecule has 0 saturated carbocycles. The topological polar surface area (TPSA) is 83.2 Å². The predicted molar refractivity (Wildman–Crippen MR) is 87.8 cm³/mol. The zero-order valence-corrected chi connectivity index (χ0v) is 13.2. The van der Waals surface area contributed by atoms with E-state index in [2.05, 4.69) is 15.6 Å². The maximum Gasteiger partial charge on any atom is 0.319 e. The number of amides is 2. The van der Waals surface area contributed by atoms with E-state index in [-0.39, 0.29) is 17.4 Å². The van der Waals surface area contributed by atoms with Gasteiger partial charge in [0.05, 0.1) is 18.3 Å². The van der Waals surface area contributed by atoms with Crippen LogP contribution in [0.15, 0.2) is 35.3 Å². The van der Waals surface area contributed by atoms with Crippen LogP contribution in [0.25, 0.3) is 0 Å². The second-order valence-electron chi connectivity index (χ2n) is 5.70. The summed E-state index contributed by atoms with van der Waals surface area (Å²) >= 11 is 0. The fourth-order valence-corrected chi connectivity index (χ4v) is 2.71. The van der Waals surface area contributed by atoms with Gasteiger partial charge >= 0.3 is 6.03 Å². The number of carbonyl (C=O) groups excluding carboxylic acids is 1. The second kappa shape index (κ2) is 6.74. The minimum atomic E-state index is -0.433. The number of halogens is 1. The SMILES string of the molecule is Cc1cc(NC(=O)NC2CCCOc3c(F)cccc32)c[nH]c1=O. The number of benzene rings is 1. The zero-order chi connectivity index (χ0) is 17.1. The number of fused-ring (bicyclic) bond motifs is 1. The van der Waals surface area contributed by atoms with E-state index < -0.39 is 11.8 Å². The number of aromatic nitrogens is 1. The normalized spacial score (nSPS) is 16.5. The summed E-state index contributed by atoms with van der Waals surface area (Å²) in [7, 11) is 0. The Morgan fingerprint density at radius 2 is 2.25 bits per heavy atom. The van der Waals surface area contributed by atoms with E-state index in [1.54, 1.807) is 25.1 Å². The number of pyridine rings is 1. The van der Waals surface area contributed by atoms with Gasteiger partial charge in [-0.25, -0.2) is 9.18 Å². The number of hydrogen-bond donors (Lipinski definition) is 3. The number of nitrogens with one attached hydrogen (secondary N) is 3. The van der Waals surface area contributed by atoms with Crippen LogP contribution in [0.1, 0.15) is 30.0 Å². The van der Waals surface area contributed by atoms with Crippen molar-refractivity contribution < 1.29 is 13.9 Å². The van der Waals surface area contributed by atoms with E-state index in [0.29, 0.717) is 36.3 Å². The van der Waals surface area contributed by atoms with Gasteiger partial charge < -0.3 is 20.4 Å². The van der Waals surface area contributed by atoms with Crippen LogP contribution in [-0.4, -0.2) is 17.6 Å². The lowest BCUT2D eigenvalue weighted by Gasteiger charge is -2.19. The number of urea groups is 1. The van der Waals surface area contributed by atoms with E-state index in [0.717, 1.165) is 0 Å². The molecule has 0 aliphatic carbocycles. The van der Waals surface area contributed by atoms with Gasteiger partial charge in [0.1, 0.15) is 0 Å². The van der Waals surface area contributed by atoms with E-state index in [9.17, 15) is 14.0 Å². The number of anilines is 1. The molecular formula is C17H18FN3O3. The molecule has 126 valence electrons. The molecule has 2 heterocycles. The maximum atomic E-state index is 13.9. The highest BCUT2D eigenvalue weighted by molar-refractivity contribution is 5.89. The molecule has 7 heteroatoms. The summed E-state index contributed by atoms with van der Waals surface area (Å²) in [6.07, 6.45) is 2.78. The number of carbonyl (C=O) groups is 1. The Hall–Kier alpha value is -2.83. The number of aromatic amines is 1. The third kappa shape index (κ3) is 3.40. The number of rotatable bonds is 2. The Morgan fingerprint density at radius 3 is 3.04 bits per heavy atom. The molecule has 0 bridgehead atoms. The molecule has 1 atom stereocenters. The molecule has 24 heavy (non-hydrogen) atoms. The third-order valence-corrected chi connectivity index (χ3v) is 3.91. The zero-order valence-electron chi connectivity index (χ0n) is 13.2. The van der Waals surface area contributed by atoms with E-state index in [1.165, 1.54) is 12.3 Å². The standard InChI is InChI=1S/C17H18FN3O3/c1-10-8-11(9-19-16(10)22)20-17(23)21-14-6-3-7-24-15-12(14)4-2-5-13(15)18/h2,4-5,8-9,14H,3,6-7H2,1H3,(H,19,22)(H2,20,21,23). The molecule has 3 rings (SSSR count). The van der Waals surface area contributed by atoms with Crippen molar-refractivity contribution in [2.75, 3.05) is 11.9 Å². The molecule has 0 fully saturated rings. The molecule has 0 radical (unpaired) electrons.